The minimum Gasteiger partial charge on any atom is -0.361 e. The Hall–Kier alpha value is -3.71. The van der Waals surface area contributed by atoms with E-state index >= 15 is 0 Å². The van der Waals surface area contributed by atoms with Gasteiger partial charge in [-0.3, -0.25) is 19.4 Å². The van der Waals surface area contributed by atoms with Crippen LogP contribution >= 0.6 is 0 Å². The van der Waals surface area contributed by atoms with Crippen LogP contribution < -0.4 is 10.9 Å². The number of halogens is 3. The summed E-state index contributed by atoms with van der Waals surface area (Å²) < 4.78 is 51.6. The van der Waals surface area contributed by atoms with Crippen LogP contribution in [0.4, 0.5) is 18.9 Å². The zero-order chi connectivity index (χ0) is 34.2. The number of rotatable bonds is 15. The monoisotopic (exact) mass is 661 g/mol. The Kier molecular flexibility index (Phi) is 12.6. The predicted molar refractivity (Wildman–Crippen MR) is 178 cm³/mol. The average molecular weight is 662 g/mol. The molecule has 0 saturated carbocycles. The van der Waals surface area contributed by atoms with E-state index in [9.17, 15) is 27.6 Å². The normalized spacial score (nSPS) is 12.4. The number of anilines is 1. The fourth-order valence-electron chi connectivity index (χ4n) is 4.87. The number of likely N-dealkylation sites (N-methyl/N-ethyl adjacent to an activating group) is 1. The molecule has 13 heteroatoms. The van der Waals surface area contributed by atoms with Crippen molar-refractivity contribution in [1.82, 2.24) is 19.0 Å². The van der Waals surface area contributed by atoms with Crippen molar-refractivity contribution in [3.8, 4) is 0 Å². The average Bonchev–Trinajstić information content (AvgIpc) is 3.29. The summed E-state index contributed by atoms with van der Waals surface area (Å²) in [6.45, 7) is 10.9. The maximum atomic E-state index is 14.2. The van der Waals surface area contributed by atoms with Gasteiger partial charge in [0.1, 0.15) is 12.4 Å². The van der Waals surface area contributed by atoms with E-state index in [0.717, 1.165) is 12.2 Å². The number of carbonyl (C=O) groups is 2. The van der Waals surface area contributed by atoms with Crippen molar-refractivity contribution in [2.75, 3.05) is 26.0 Å². The molecule has 0 aliphatic rings. The largest absolute Gasteiger partial charge is 0.418 e. The maximum Gasteiger partial charge on any atom is 0.418 e. The van der Waals surface area contributed by atoms with Crippen LogP contribution in [0.3, 0.4) is 0 Å². The Morgan fingerprint density at radius 2 is 1.91 bits per heavy atom. The van der Waals surface area contributed by atoms with Crippen LogP contribution in [0.25, 0.3) is 11.0 Å². The summed E-state index contributed by atoms with van der Waals surface area (Å²) in [7, 11) is 1.89. The Balaban J connectivity index is 1.92. The van der Waals surface area contributed by atoms with Gasteiger partial charge >= 0.3 is 6.18 Å². The van der Waals surface area contributed by atoms with Crippen LogP contribution in [0.5, 0.6) is 0 Å². The first-order valence-electron chi connectivity index (χ1n) is 15.5. The molecule has 0 aliphatic carbocycles. The van der Waals surface area contributed by atoms with Crippen molar-refractivity contribution in [3.05, 3.63) is 69.9 Å². The first-order valence-corrected chi connectivity index (χ1v) is 19.2. The SMILES string of the molecule is CC(C)Cc1c(C(F)(F)F)cnc2cc(Cn3cccc(NC(=O)CCC/C=C/C(=O)N(C)C)c3=O)n(COCC[Si](C)(C)C)c12. The summed E-state index contributed by atoms with van der Waals surface area (Å²) in [6, 6.07) is 5.74. The molecule has 3 heterocycles. The zero-order valence-electron chi connectivity index (χ0n) is 27.8. The summed E-state index contributed by atoms with van der Waals surface area (Å²) in [5, 5.41) is 2.67. The molecule has 0 bridgehead atoms. The van der Waals surface area contributed by atoms with Crippen molar-refractivity contribution >= 4 is 36.6 Å². The molecule has 0 atom stereocenters. The second-order valence-electron chi connectivity index (χ2n) is 13.3. The number of nitrogens with zero attached hydrogens (tertiary/aromatic N) is 4. The van der Waals surface area contributed by atoms with Gasteiger partial charge in [0, 0.05) is 53.3 Å². The van der Waals surface area contributed by atoms with Gasteiger partial charge in [0.05, 0.1) is 23.1 Å². The van der Waals surface area contributed by atoms with Crippen LogP contribution in [-0.2, 0) is 40.2 Å². The van der Waals surface area contributed by atoms with Gasteiger partial charge in [-0.15, -0.1) is 0 Å². The van der Waals surface area contributed by atoms with Crippen LogP contribution in [0.1, 0.15) is 49.9 Å². The van der Waals surface area contributed by atoms with E-state index in [1.807, 2.05) is 13.8 Å². The summed E-state index contributed by atoms with van der Waals surface area (Å²) in [4.78, 5) is 43.3. The number of fused-ring (bicyclic) bond motifs is 1. The number of carbonyl (C=O) groups excluding carboxylic acids is 2. The molecule has 0 radical (unpaired) electrons. The number of nitrogens with one attached hydrogen (secondary N) is 1. The molecule has 0 aliphatic heterocycles. The lowest BCUT2D eigenvalue weighted by molar-refractivity contribution is -0.138. The number of hydrogen-bond acceptors (Lipinski definition) is 5. The fraction of sp³-hybridized carbons (Fsp3) is 0.515. The lowest BCUT2D eigenvalue weighted by Crippen LogP contribution is -2.26. The standard InChI is InChI=1S/C33H46F3N5O4Si/c1-23(2)18-25-26(33(34,35)36)20-37-28-19-24(41(31(25)28)22-45-16-17-46(5,6)7)21-40-15-11-12-27(32(40)44)38-29(42)13-9-8-10-14-30(43)39(3)4/h10-12,14-15,19-20,23H,8-9,13,16-18,21-22H2,1-7H3,(H,38,42)/b14-10+. The van der Waals surface area contributed by atoms with E-state index in [0.29, 0.717) is 36.2 Å². The molecule has 2 amide bonds. The number of allylic oxidation sites excluding steroid dienone is 1. The minimum atomic E-state index is -4.58. The number of amides is 2. The van der Waals surface area contributed by atoms with Gasteiger partial charge in [0.15, 0.2) is 0 Å². The number of unbranched alkanes of at least 4 members (excludes halogenated alkanes) is 1. The van der Waals surface area contributed by atoms with Crippen molar-refractivity contribution in [2.45, 2.75) is 84.7 Å². The molecule has 0 saturated heterocycles. The summed E-state index contributed by atoms with van der Waals surface area (Å²) in [5.41, 5.74) is 0.333. The van der Waals surface area contributed by atoms with Crippen LogP contribution in [0, 0.1) is 5.92 Å². The van der Waals surface area contributed by atoms with Crippen molar-refractivity contribution in [3.63, 3.8) is 0 Å². The number of aromatic nitrogens is 3. The highest BCUT2D eigenvalue weighted by Crippen LogP contribution is 2.37. The van der Waals surface area contributed by atoms with Gasteiger partial charge in [-0.25, -0.2) is 0 Å². The van der Waals surface area contributed by atoms with Gasteiger partial charge in [-0.05, 0) is 61.1 Å². The van der Waals surface area contributed by atoms with Gasteiger partial charge < -0.3 is 24.1 Å². The highest BCUT2D eigenvalue weighted by atomic mass is 28.3. The molecular weight excluding hydrogens is 615 g/mol. The summed E-state index contributed by atoms with van der Waals surface area (Å²) in [6.07, 6.45) is 2.41. The van der Waals surface area contributed by atoms with Crippen LogP contribution in [0.15, 0.2) is 47.5 Å². The van der Waals surface area contributed by atoms with E-state index in [-0.39, 0.29) is 55.1 Å². The Morgan fingerprint density at radius 1 is 1.20 bits per heavy atom. The molecule has 0 aromatic carbocycles. The maximum absolute atomic E-state index is 14.2. The molecular formula is C33H46F3N5O4Si. The smallest absolute Gasteiger partial charge is 0.361 e. The first-order chi connectivity index (χ1) is 21.5. The summed E-state index contributed by atoms with van der Waals surface area (Å²) in [5.74, 6) is -0.528. The molecule has 46 heavy (non-hydrogen) atoms. The third kappa shape index (κ3) is 10.4. The van der Waals surface area contributed by atoms with Gasteiger partial charge in [-0.2, -0.15) is 13.2 Å². The van der Waals surface area contributed by atoms with Crippen molar-refractivity contribution < 1.29 is 27.5 Å². The number of pyridine rings is 2. The number of ether oxygens (including phenoxy) is 1. The lowest BCUT2D eigenvalue weighted by atomic mass is 9.98. The van der Waals surface area contributed by atoms with Crippen LogP contribution in [0.2, 0.25) is 25.7 Å². The van der Waals surface area contributed by atoms with E-state index in [1.165, 1.54) is 21.6 Å². The van der Waals surface area contributed by atoms with E-state index in [2.05, 4.69) is 29.9 Å². The van der Waals surface area contributed by atoms with Gasteiger partial charge in [-0.1, -0.05) is 39.6 Å². The third-order valence-electron chi connectivity index (χ3n) is 7.34. The Morgan fingerprint density at radius 3 is 2.54 bits per heavy atom. The molecule has 3 rings (SSSR count). The second kappa shape index (κ2) is 15.7. The highest BCUT2D eigenvalue weighted by molar-refractivity contribution is 6.76. The quantitative estimate of drug-likeness (QED) is 0.114. The van der Waals surface area contributed by atoms with Crippen molar-refractivity contribution in [2.24, 2.45) is 5.92 Å². The third-order valence-corrected chi connectivity index (χ3v) is 9.05. The minimum absolute atomic E-state index is 0.0111. The first kappa shape index (κ1) is 36.8. The van der Waals surface area contributed by atoms with E-state index < -0.39 is 25.4 Å². The number of hydrogen-bond donors (Lipinski definition) is 1. The molecule has 0 spiro atoms. The molecule has 3 aromatic rings. The highest BCUT2D eigenvalue weighted by Gasteiger charge is 2.36. The number of alkyl halides is 3. The molecule has 0 unspecified atom stereocenters. The Bertz CT molecular complexity index is 1600. The molecule has 0 fully saturated rings. The van der Waals surface area contributed by atoms with Crippen molar-refractivity contribution in [1.29, 1.82) is 0 Å². The lowest BCUT2D eigenvalue weighted by Gasteiger charge is -2.20. The molecule has 3 aromatic heterocycles. The molecule has 252 valence electrons. The second-order valence-corrected chi connectivity index (χ2v) is 18.9. The van der Waals surface area contributed by atoms with Crippen LogP contribution in [-0.4, -0.2) is 59.6 Å². The predicted octanol–water partition coefficient (Wildman–Crippen LogP) is 6.53. The van der Waals surface area contributed by atoms with E-state index in [1.54, 1.807) is 43.1 Å². The summed E-state index contributed by atoms with van der Waals surface area (Å²) >= 11 is 0. The molecule has 1 N–H and O–H groups in total. The van der Waals surface area contributed by atoms with E-state index in [4.69, 9.17) is 4.74 Å². The van der Waals surface area contributed by atoms with Gasteiger partial charge in [0.25, 0.3) is 5.56 Å². The van der Waals surface area contributed by atoms with Gasteiger partial charge in [0.2, 0.25) is 11.8 Å². The topological polar surface area (TPSA) is 98.5 Å². The Labute approximate surface area is 269 Å². The molecule has 9 nitrogen and oxygen atoms in total. The fourth-order valence-corrected chi connectivity index (χ4v) is 5.63. The zero-order valence-corrected chi connectivity index (χ0v) is 28.8.